The van der Waals surface area contributed by atoms with Gasteiger partial charge in [0.1, 0.15) is 5.75 Å². The second-order valence-corrected chi connectivity index (χ2v) is 7.61. The molecule has 2 aromatic carbocycles. The fourth-order valence-electron chi connectivity index (χ4n) is 4.07. The summed E-state index contributed by atoms with van der Waals surface area (Å²) in [4.78, 5) is 32.3. The second-order valence-electron chi connectivity index (χ2n) is 7.61. The predicted molar refractivity (Wildman–Crippen MR) is 116 cm³/mol. The van der Waals surface area contributed by atoms with Crippen LogP contribution in [0.1, 0.15) is 17.5 Å². The van der Waals surface area contributed by atoms with Crippen molar-refractivity contribution >= 4 is 22.7 Å². The van der Waals surface area contributed by atoms with Gasteiger partial charge in [0.05, 0.1) is 13.5 Å². The van der Waals surface area contributed by atoms with Crippen molar-refractivity contribution in [3.8, 4) is 5.75 Å². The highest BCUT2D eigenvalue weighted by molar-refractivity contribution is 5.84. The molecule has 156 valence electrons. The molecular weight excluding hydrogens is 378 g/mol. The molecule has 0 bridgehead atoms. The molecule has 3 aromatic rings. The Morgan fingerprint density at radius 2 is 1.57 bits per heavy atom. The van der Waals surface area contributed by atoms with Crippen molar-refractivity contribution < 1.29 is 14.3 Å². The first-order valence-electron chi connectivity index (χ1n) is 10.4. The number of carbonyl (C=O) groups is 2. The monoisotopic (exact) mass is 405 g/mol. The van der Waals surface area contributed by atoms with E-state index in [-0.39, 0.29) is 11.8 Å². The summed E-state index contributed by atoms with van der Waals surface area (Å²) in [6, 6.07) is 15.7. The molecule has 2 heterocycles. The Kier molecular flexibility index (Phi) is 6.02. The van der Waals surface area contributed by atoms with E-state index in [2.05, 4.69) is 11.1 Å². The number of methoxy groups -OCH3 is 1. The third kappa shape index (κ3) is 4.32. The van der Waals surface area contributed by atoms with E-state index >= 15 is 0 Å². The summed E-state index contributed by atoms with van der Waals surface area (Å²) < 4.78 is 5.34. The van der Waals surface area contributed by atoms with Gasteiger partial charge in [-0.15, -0.1) is 0 Å². The number of nitrogens with one attached hydrogen (secondary N) is 1. The first-order valence-corrected chi connectivity index (χ1v) is 10.4. The number of benzene rings is 2. The van der Waals surface area contributed by atoms with Crippen molar-refractivity contribution in [1.82, 2.24) is 14.8 Å². The highest BCUT2D eigenvalue weighted by atomic mass is 16.5. The lowest BCUT2D eigenvalue weighted by molar-refractivity contribution is -0.139. The first-order chi connectivity index (χ1) is 14.7. The highest BCUT2D eigenvalue weighted by Gasteiger charge is 2.24. The van der Waals surface area contributed by atoms with Crippen LogP contribution in [0.25, 0.3) is 10.9 Å². The number of piperazine rings is 1. The number of hydrogen-bond donors (Lipinski definition) is 1. The molecule has 2 amide bonds. The van der Waals surface area contributed by atoms with Crippen LogP contribution in [-0.4, -0.2) is 59.9 Å². The summed E-state index contributed by atoms with van der Waals surface area (Å²) in [7, 11) is 1.62. The van der Waals surface area contributed by atoms with Crippen molar-refractivity contribution in [3.05, 3.63) is 65.9 Å². The summed E-state index contributed by atoms with van der Waals surface area (Å²) in [5.41, 5.74) is 3.16. The van der Waals surface area contributed by atoms with E-state index in [1.54, 1.807) is 7.11 Å². The second kappa shape index (κ2) is 9.03. The van der Waals surface area contributed by atoms with Gasteiger partial charge < -0.3 is 19.5 Å². The van der Waals surface area contributed by atoms with Gasteiger partial charge in [-0.1, -0.05) is 36.4 Å². The van der Waals surface area contributed by atoms with E-state index < -0.39 is 0 Å². The van der Waals surface area contributed by atoms with Gasteiger partial charge in [-0.2, -0.15) is 0 Å². The number of H-pyrrole nitrogens is 1. The van der Waals surface area contributed by atoms with E-state index in [9.17, 15) is 9.59 Å². The molecule has 1 fully saturated rings. The molecule has 0 unspecified atom stereocenters. The average Bonchev–Trinajstić information content (AvgIpc) is 3.21. The van der Waals surface area contributed by atoms with Gasteiger partial charge in [0.25, 0.3) is 0 Å². The quantitative estimate of drug-likeness (QED) is 0.686. The lowest BCUT2D eigenvalue weighted by atomic mass is 10.1. The smallest absolute Gasteiger partial charge is 0.227 e. The zero-order valence-corrected chi connectivity index (χ0v) is 17.3. The summed E-state index contributed by atoms with van der Waals surface area (Å²) >= 11 is 0. The third-order valence-corrected chi connectivity index (χ3v) is 5.80. The van der Waals surface area contributed by atoms with E-state index in [4.69, 9.17) is 4.74 Å². The fraction of sp³-hybridized carbons (Fsp3) is 0.333. The molecule has 0 atom stereocenters. The summed E-state index contributed by atoms with van der Waals surface area (Å²) in [6.07, 6.45) is 3.51. The number of carbonyl (C=O) groups excluding carboxylic acids is 2. The van der Waals surface area contributed by atoms with Crippen molar-refractivity contribution in [1.29, 1.82) is 0 Å². The Hall–Kier alpha value is -3.28. The lowest BCUT2D eigenvalue weighted by Crippen LogP contribution is -2.51. The summed E-state index contributed by atoms with van der Waals surface area (Å²) in [6.45, 7) is 2.33. The maximum absolute atomic E-state index is 12.7. The van der Waals surface area contributed by atoms with Crippen LogP contribution in [0, 0.1) is 0 Å². The Labute approximate surface area is 176 Å². The minimum Gasteiger partial charge on any atom is -0.496 e. The first kappa shape index (κ1) is 20.0. The standard InChI is InChI=1S/C24H27N3O3/c1-30-22-9-5-2-6-18(22)16-24(29)27-14-12-26(13-15-27)23(28)11-10-19-17-25-21-8-4-3-7-20(19)21/h2-9,17,25H,10-16H2,1H3. The Morgan fingerprint density at radius 3 is 2.33 bits per heavy atom. The topological polar surface area (TPSA) is 65.6 Å². The van der Waals surface area contributed by atoms with Crippen molar-refractivity contribution in [2.75, 3.05) is 33.3 Å². The molecule has 0 aliphatic carbocycles. The normalized spacial score (nSPS) is 14.2. The van der Waals surface area contributed by atoms with Crippen LogP contribution in [-0.2, 0) is 22.4 Å². The molecule has 0 saturated carbocycles. The van der Waals surface area contributed by atoms with Crippen molar-refractivity contribution in [3.63, 3.8) is 0 Å². The SMILES string of the molecule is COc1ccccc1CC(=O)N1CCN(C(=O)CCc2c[nH]c3ccccc23)CC1. The third-order valence-electron chi connectivity index (χ3n) is 5.80. The number of aromatic nitrogens is 1. The Morgan fingerprint density at radius 1 is 0.900 bits per heavy atom. The molecule has 1 aliphatic rings. The van der Waals surface area contributed by atoms with Gasteiger partial charge in [-0.3, -0.25) is 9.59 Å². The van der Waals surface area contributed by atoms with Gasteiger partial charge >= 0.3 is 0 Å². The van der Waals surface area contributed by atoms with Crippen LogP contribution in [0.5, 0.6) is 5.75 Å². The van der Waals surface area contributed by atoms with Crippen LogP contribution >= 0.6 is 0 Å². The van der Waals surface area contributed by atoms with Gasteiger partial charge in [0.2, 0.25) is 11.8 Å². The molecular formula is C24H27N3O3. The average molecular weight is 405 g/mol. The number of amides is 2. The van der Waals surface area contributed by atoms with Crippen LogP contribution in [0.2, 0.25) is 0 Å². The molecule has 6 heteroatoms. The summed E-state index contributed by atoms with van der Waals surface area (Å²) in [5.74, 6) is 0.958. The number of nitrogens with zero attached hydrogens (tertiary/aromatic N) is 2. The van der Waals surface area contributed by atoms with Gasteiger partial charge in [0.15, 0.2) is 0 Å². The van der Waals surface area contributed by atoms with Crippen LogP contribution in [0.4, 0.5) is 0 Å². The van der Waals surface area contributed by atoms with E-state index in [0.29, 0.717) is 39.0 Å². The largest absolute Gasteiger partial charge is 0.496 e. The molecule has 30 heavy (non-hydrogen) atoms. The number of hydrogen-bond acceptors (Lipinski definition) is 3. The molecule has 6 nitrogen and oxygen atoms in total. The molecule has 0 spiro atoms. The van der Waals surface area contributed by atoms with Gasteiger partial charge in [-0.05, 0) is 24.1 Å². The van der Waals surface area contributed by atoms with E-state index in [1.165, 1.54) is 10.9 Å². The molecule has 1 saturated heterocycles. The van der Waals surface area contributed by atoms with Gasteiger partial charge in [0, 0.05) is 55.3 Å². The van der Waals surface area contributed by atoms with Gasteiger partial charge in [-0.25, -0.2) is 0 Å². The van der Waals surface area contributed by atoms with Crippen LogP contribution in [0.15, 0.2) is 54.7 Å². The van der Waals surface area contributed by atoms with Crippen LogP contribution < -0.4 is 4.74 Å². The zero-order valence-electron chi connectivity index (χ0n) is 17.3. The Balaban J connectivity index is 1.27. The highest BCUT2D eigenvalue weighted by Crippen LogP contribution is 2.20. The van der Waals surface area contributed by atoms with Crippen LogP contribution in [0.3, 0.4) is 0 Å². The minimum atomic E-state index is 0.0744. The number of ether oxygens (including phenoxy) is 1. The fourth-order valence-corrected chi connectivity index (χ4v) is 4.07. The van der Waals surface area contributed by atoms with E-state index in [0.717, 1.165) is 23.3 Å². The predicted octanol–water partition coefficient (Wildman–Crippen LogP) is 3.02. The number of para-hydroxylation sites is 2. The van der Waals surface area contributed by atoms with E-state index in [1.807, 2.05) is 58.5 Å². The minimum absolute atomic E-state index is 0.0744. The number of rotatable bonds is 6. The molecule has 4 rings (SSSR count). The molecule has 1 aliphatic heterocycles. The maximum atomic E-state index is 12.7. The van der Waals surface area contributed by atoms with Crippen molar-refractivity contribution in [2.45, 2.75) is 19.3 Å². The number of aryl methyl sites for hydroxylation is 1. The molecule has 1 aromatic heterocycles. The number of fused-ring (bicyclic) bond motifs is 1. The van der Waals surface area contributed by atoms with Crippen molar-refractivity contribution in [2.24, 2.45) is 0 Å². The Bertz CT molecular complexity index is 1030. The zero-order chi connectivity index (χ0) is 20.9. The lowest BCUT2D eigenvalue weighted by Gasteiger charge is -2.35. The number of aromatic amines is 1. The maximum Gasteiger partial charge on any atom is 0.227 e. The molecule has 0 radical (unpaired) electrons. The molecule has 1 N–H and O–H groups in total. The summed E-state index contributed by atoms with van der Waals surface area (Å²) in [5, 5.41) is 1.18.